The Morgan fingerprint density at radius 3 is 2.28 bits per heavy atom. The minimum Gasteiger partial charge on any atom is -0.455 e. The molecule has 0 saturated carbocycles. The summed E-state index contributed by atoms with van der Waals surface area (Å²) in [4.78, 5) is 38.8. The highest BCUT2D eigenvalue weighted by atomic mass is 32.2. The summed E-state index contributed by atoms with van der Waals surface area (Å²) in [5.74, 6) is -1.33. The molecule has 1 aliphatic heterocycles. The lowest BCUT2D eigenvalue weighted by Gasteiger charge is -2.34. The number of esters is 1. The summed E-state index contributed by atoms with van der Waals surface area (Å²) < 4.78 is 31.1. The van der Waals surface area contributed by atoms with Crippen LogP contribution in [-0.4, -0.2) is 69.2 Å². The number of likely N-dealkylation sites (tertiary alicyclic amines) is 1. The van der Waals surface area contributed by atoms with Gasteiger partial charge in [0.05, 0.1) is 10.8 Å². The van der Waals surface area contributed by atoms with Crippen LogP contribution in [0.5, 0.6) is 0 Å². The number of hydrogen-bond donors (Lipinski definition) is 1. The van der Waals surface area contributed by atoms with Crippen LogP contribution in [-0.2, 0) is 29.1 Å². The molecule has 0 radical (unpaired) electrons. The Kier molecular flexibility index (Phi) is 8.06. The minimum atomic E-state index is -3.66. The monoisotopic (exact) mass is 467 g/mol. The maximum absolute atomic E-state index is 12.4. The van der Waals surface area contributed by atoms with E-state index in [-0.39, 0.29) is 16.7 Å². The molecule has 9 nitrogen and oxygen atoms in total. The first-order valence-electron chi connectivity index (χ1n) is 10.5. The van der Waals surface area contributed by atoms with Gasteiger partial charge in [0.1, 0.15) is 0 Å². The summed E-state index contributed by atoms with van der Waals surface area (Å²) in [6.07, 6.45) is 0.984. The number of carbonyl (C=O) groups is 3. The number of aryl methyl sites for hydroxylation is 1. The van der Waals surface area contributed by atoms with E-state index >= 15 is 0 Å². The van der Waals surface area contributed by atoms with Gasteiger partial charge in [-0.1, -0.05) is 26.8 Å². The number of benzene rings is 1. The van der Waals surface area contributed by atoms with Crippen LogP contribution in [0.4, 0.5) is 5.69 Å². The van der Waals surface area contributed by atoms with Crippen LogP contribution in [0.25, 0.3) is 0 Å². The lowest BCUT2D eigenvalue weighted by Crippen LogP contribution is -2.45. The van der Waals surface area contributed by atoms with Crippen molar-refractivity contribution in [3.63, 3.8) is 0 Å². The molecular formula is C22H33N3O6S. The number of carbonyl (C=O) groups excluding carboxylic acids is 3. The highest BCUT2D eigenvalue weighted by Crippen LogP contribution is 2.25. The van der Waals surface area contributed by atoms with E-state index in [0.717, 1.165) is 4.31 Å². The maximum atomic E-state index is 12.4. The Bertz CT molecular complexity index is 974. The van der Waals surface area contributed by atoms with Crippen LogP contribution in [0.2, 0.25) is 0 Å². The molecule has 32 heavy (non-hydrogen) atoms. The fourth-order valence-electron chi connectivity index (χ4n) is 3.40. The van der Waals surface area contributed by atoms with Gasteiger partial charge in [0.2, 0.25) is 15.9 Å². The molecule has 10 heteroatoms. The van der Waals surface area contributed by atoms with Crippen LogP contribution in [0, 0.1) is 18.3 Å². The molecule has 0 unspecified atom stereocenters. The van der Waals surface area contributed by atoms with E-state index in [1.807, 2.05) is 20.8 Å². The molecule has 1 aliphatic rings. The number of piperidine rings is 1. The number of rotatable bonds is 6. The van der Waals surface area contributed by atoms with E-state index in [9.17, 15) is 22.8 Å². The smallest absolute Gasteiger partial charge is 0.309 e. The Morgan fingerprint density at radius 2 is 1.75 bits per heavy atom. The number of anilines is 1. The van der Waals surface area contributed by atoms with Gasteiger partial charge in [-0.3, -0.25) is 14.4 Å². The molecule has 0 bridgehead atoms. The number of nitrogens with one attached hydrogen (secondary N) is 1. The first-order chi connectivity index (χ1) is 14.7. The number of nitrogens with zero attached hydrogens (tertiary/aromatic N) is 2. The summed E-state index contributed by atoms with van der Waals surface area (Å²) >= 11 is 0. The number of hydrogen-bond acceptors (Lipinski definition) is 6. The predicted octanol–water partition coefficient (Wildman–Crippen LogP) is 2.01. The van der Waals surface area contributed by atoms with Gasteiger partial charge in [-0.15, -0.1) is 0 Å². The average Bonchev–Trinajstić information content (AvgIpc) is 2.72. The zero-order chi connectivity index (χ0) is 24.3. The van der Waals surface area contributed by atoms with Crippen molar-refractivity contribution in [2.24, 2.45) is 11.3 Å². The topological polar surface area (TPSA) is 113 Å². The molecule has 2 rings (SSSR count). The van der Waals surface area contributed by atoms with Crippen molar-refractivity contribution in [1.82, 2.24) is 9.21 Å². The Morgan fingerprint density at radius 1 is 1.16 bits per heavy atom. The van der Waals surface area contributed by atoms with Gasteiger partial charge in [0.25, 0.3) is 5.91 Å². The SMILES string of the molecule is Cc1ccc(NC(=O)COC(=O)C2CCN(C(=O)C(C)(C)C)CC2)cc1S(=O)(=O)N(C)C. The third-order valence-corrected chi connectivity index (χ3v) is 7.29. The Hall–Kier alpha value is -2.46. The minimum absolute atomic E-state index is 0.0532. The normalized spacial score (nSPS) is 15.5. The highest BCUT2D eigenvalue weighted by Gasteiger charge is 2.33. The molecule has 2 amide bonds. The van der Waals surface area contributed by atoms with E-state index in [4.69, 9.17) is 4.74 Å². The van der Waals surface area contributed by atoms with Gasteiger partial charge in [0, 0.05) is 38.3 Å². The van der Waals surface area contributed by atoms with Gasteiger partial charge >= 0.3 is 5.97 Å². The summed E-state index contributed by atoms with van der Waals surface area (Å²) in [7, 11) is -0.790. The molecule has 1 aromatic rings. The van der Waals surface area contributed by atoms with Gasteiger partial charge < -0.3 is 15.0 Å². The highest BCUT2D eigenvalue weighted by molar-refractivity contribution is 7.89. The van der Waals surface area contributed by atoms with Crippen molar-refractivity contribution in [2.45, 2.75) is 45.4 Å². The second-order valence-electron chi connectivity index (χ2n) is 9.24. The van der Waals surface area contributed by atoms with Gasteiger partial charge in [-0.05, 0) is 37.5 Å². The van der Waals surface area contributed by atoms with Crippen molar-refractivity contribution in [3.05, 3.63) is 23.8 Å². The van der Waals surface area contributed by atoms with Crippen molar-refractivity contribution in [2.75, 3.05) is 39.1 Å². The standard InChI is InChI=1S/C22H33N3O6S/c1-15-7-8-17(13-18(15)32(29,30)24(5)6)23-19(26)14-31-20(27)16-9-11-25(12-10-16)21(28)22(2,3)4/h7-8,13,16H,9-12,14H2,1-6H3,(H,23,26). The van der Waals surface area contributed by atoms with E-state index in [1.165, 1.54) is 20.2 Å². The zero-order valence-corrected chi connectivity index (χ0v) is 20.4. The molecule has 1 fully saturated rings. The van der Waals surface area contributed by atoms with Crippen molar-refractivity contribution < 1.29 is 27.5 Å². The molecule has 0 atom stereocenters. The van der Waals surface area contributed by atoms with E-state index in [2.05, 4.69) is 5.32 Å². The first kappa shape index (κ1) is 25.8. The van der Waals surface area contributed by atoms with Gasteiger partial charge in [-0.25, -0.2) is 12.7 Å². The average molecular weight is 468 g/mol. The Labute approximate surface area is 190 Å². The van der Waals surface area contributed by atoms with Crippen LogP contribution in [0.1, 0.15) is 39.2 Å². The summed E-state index contributed by atoms with van der Waals surface area (Å²) in [6.45, 7) is 7.75. The second kappa shape index (κ2) is 9.99. The molecule has 0 aliphatic carbocycles. The second-order valence-corrected chi connectivity index (χ2v) is 11.4. The molecule has 178 valence electrons. The number of amides is 2. The van der Waals surface area contributed by atoms with Gasteiger partial charge in [0.15, 0.2) is 6.61 Å². The van der Waals surface area contributed by atoms with Crippen molar-refractivity contribution in [1.29, 1.82) is 0 Å². The lowest BCUT2D eigenvalue weighted by atomic mass is 9.91. The van der Waals surface area contributed by atoms with Crippen molar-refractivity contribution >= 4 is 33.5 Å². The molecule has 1 N–H and O–H groups in total. The molecule has 0 aromatic heterocycles. The first-order valence-corrected chi connectivity index (χ1v) is 12.0. The molecular weight excluding hydrogens is 434 g/mol. The third kappa shape index (κ3) is 6.29. The molecule has 1 saturated heterocycles. The predicted molar refractivity (Wildman–Crippen MR) is 120 cm³/mol. The number of sulfonamides is 1. The largest absolute Gasteiger partial charge is 0.455 e. The summed E-state index contributed by atoms with van der Waals surface area (Å²) in [5, 5.41) is 2.57. The zero-order valence-electron chi connectivity index (χ0n) is 19.6. The Balaban J connectivity index is 1.89. The molecule has 1 aromatic carbocycles. The van der Waals surface area contributed by atoms with Gasteiger partial charge in [-0.2, -0.15) is 0 Å². The van der Waals surface area contributed by atoms with Crippen LogP contribution in [0.3, 0.4) is 0 Å². The van der Waals surface area contributed by atoms with E-state index in [1.54, 1.807) is 24.0 Å². The third-order valence-electron chi connectivity index (χ3n) is 5.33. The van der Waals surface area contributed by atoms with Crippen LogP contribution >= 0.6 is 0 Å². The fourth-order valence-corrected chi connectivity index (χ4v) is 4.54. The van der Waals surface area contributed by atoms with Crippen LogP contribution < -0.4 is 5.32 Å². The number of ether oxygens (including phenoxy) is 1. The van der Waals surface area contributed by atoms with E-state index < -0.39 is 33.9 Å². The lowest BCUT2D eigenvalue weighted by molar-refractivity contribution is -0.155. The summed E-state index contributed by atoms with van der Waals surface area (Å²) in [5.41, 5.74) is 0.387. The van der Waals surface area contributed by atoms with Crippen molar-refractivity contribution in [3.8, 4) is 0 Å². The maximum Gasteiger partial charge on any atom is 0.309 e. The fraction of sp³-hybridized carbons (Fsp3) is 0.591. The van der Waals surface area contributed by atoms with E-state index in [0.29, 0.717) is 37.2 Å². The molecule has 1 heterocycles. The molecule has 0 spiro atoms. The quantitative estimate of drug-likeness (QED) is 0.641. The summed E-state index contributed by atoms with van der Waals surface area (Å²) in [6, 6.07) is 4.57. The van der Waals surface area contributed by atoms with Crippen LogP contribution in [0.15, 0.2) is 23.1 Å².